The zero-order valence-electron chi connectivity index (χ0n) is 14.4. The van der Waals surface area contributed by atoms with Crippen molar-refractivity contribution in [3.8, 4) is 11.1 Å². The lowest BCUT2D eigenvalue weighted by atomic mass is 9.97. The normalized spacial score (nSPS) is 11.7. The van der Waals surface area contributed by atoms with Crippen LogP contribution in [0.5, 0.6) is 0 Å². The van der Waals surface area contributed by atoms with E-state index in [0.717, 1.165) is 6.29 Å². The highest BCUT2D eigenvalue weighted by Gasteiger charge is 2.33. The zero-order chi connectivity index (χ0) is 17.5. The van der Waals surface area contributed by atoms with E-state index in [-0.39, 0.29) is 5.69 Å². The third-order valence-corrected chi connectivity index (χ3v) is 3.93. The van der Waals surface area contributed by atoms with Gasteiger partial charge in [-0.1, -0.05) is 12.1 Å². The molecule has 0 aliphatic rings. The first kappa shape index (κ1) is 17.0. The summed E-state index contributed by atoms with van der Waals surface area (Å²) in [6.45, 7) is 11.1. The molecule has 0 fully saturated rings. The zero-order valence-corrected chi connectivity index (χ0v) is 14.4. The minimum absolute atomic E-state index is 0.150. The van der Waals surface area contributed by atoms with E-state index in [9.17, 15) is 14.7 Å². The summed E-state index contributed by atoms with van der Waals surface area (Å²) < 4.78 is 6.82. The molecule has 0 amide bonds. The molecule has 0 spiro atoms. The van der Waals surface area contributed by atoms with E-state index >= 15 is 0 Å². The van der Waals surface area contributed by atoms with Gasteiger partial charge in [0, 0.05) is 16.7 Å². The van der Waals surface area contributed by atoms with Gasteiger partial charge >= 0.3 is 5.97 Å². The fourth-order valence-corrected chi connectivity index (χ4v) is 3.14. The third kappa shape index (κ3) is 2.58. The Morgan fingerprint density at radius 2 is 1.91 bits per heavy atom. The van der Waals surface area contributed by atoms with Gasteiger partial charge in [0.15, 0.2) is 6.29 Å². The highest BCUT2D eigenvalue weighted by atomic mass is 16.5. The van der Waals surface area contributed by atoms with Crippen molar-refractivity contribution in [3.05, 3.63) is 28.4 Å². The van der Waals surface area contributed by atoms with Gasteiger partial charge in [-0.15, -0.1) is 0 Å². The highest BCUT2D eigenvalue weighted by molar-refractivity contribution is 5.98. The molecule has 0 aliphatic heterocycles. The van der Waals surface area contributed by atoms with Crippen molar-refractivity contribution in [2.75, 3.05) is 0 Å². The summed E-state index contributed by atoms with van der Waals surface area (Å²) in [7, 11) is 0. The first-order valence-corrected chi connectivity index (χ1v) is 7.54. The monoisotopic (exact) mass is 318 g/mol. The molecule has 0 radical (unpaired) electrons. The van der Waals surface area contributed by atoms with Crippen molar-refractivity contribution in [3.63, 3.8) is 0 Å². The predicted molar refractivity (Wildman–Crippen MR) is 86.1 cm³/mol. The maximum atomic E-state index is 11.9. The van der Waals surface area contributed by atoms with Crippen molar-refractivity contribution >= 4 is 12.3 Å². The highest BCUT2D eigenvalue weighted by Crippen LogP contribution is 2.39. The number of aldehydes is 1. The second-order valence-electron chi connectivity index (χ2n) is 6.57. The fraction of sp³-hybridized carbons (Fsp3) is 0.471. The molecular formula is C17H22N2O4. The summed E-state index contributed by atoms with van der Waals surface area (Å²) in [5.41, 5.74) is 2.54. The first-order valence-electron chi connectivity index (χ1n) is 7.54. The molecule has 124 valence electrons. The van der Waals surface area contributed by atoms with Crippen LogP contribution in [0.25, 0.3) is 11.1 Å². The Morgan fingerprint density at radius 1 is 1.30 bits per heavy atom. The maximum Gasteiger partial charge on any atom is 0.352 e. The average molecular weight is 318 g/mol. The lowest BCUT2D eigenvalue weighted by Gasteiger charge is -2.25. The van der Waals surface area contributed by atoms with Crippen LogP contribution in [0, 0.1) is 13.8 Å². The minimum atomic E-state index is -1.04. The van der Waals surface area contributed by atoms with Gasteiger partial charge in [0.2, 0.25) is 0 Å². The number of aromatic carboxylic acids is 1. The van der Waals surface area contributed by atoms with Crippen LogP contribution in [0.3, 0.4) is 0 Å². The van der Waals surface area contributed by atoms with E-state index in [0.29, 0.717) is 40.3 Å². The van der Waals surface area contributed by atoms with Crippen molar-refractivity contribution in [2.24, 2.45) is 0 Å². The molecule has 6 nitrogen and oxygen atoms in total. The summed E-state index contributed by atoms with van der Waals surface area (Å²) in [5, 5.41) is 13.7. The van der Waals surface area contributed by atoms with Crippen LogP contribution < -0.4 is 0 Å². The van der Waals surface area contributed by atoms with Gasteiger partial charge in [-0.25, -0.2) is 4.79 Å². The van der Waals surface area contributed by atoms with Gasteiger partial charge in [0.05, 0.1) is 11.4 Å². The molecule has 23 heavy (non-hydrogen) atoms. The Kier molecular flexibility index (Phi) is 4.20. The second-order valence-corrected chi connectivity index (χ2v) is 6.57. The van der Waals surface area contributed by atoms with Gasteiger partial charge in [-0.05, 0) is 46.6 Å². The Hall–Kier alpha value is -2.37. The number of hydrogen-bond donors (Lipinski definition) is 1. The van der Waals surface area contributed by atoms with Crippen molar-refractivity contribution in [2.45, 2.75) is 53.5 Å². The van der Waals surface area contributed by atoms with Crippen molar-refractivity contribution in [1.82, 2.24) is 9.72 Å². The van der Waals surface area contributed by atoms with E-state index in [1.54, 1.807) is 18.4 Å². The molecule has 2 rings (SSSR count). The van der Waals surface area contributed by atoms with E-state index in [2.05, 4.69) is 5.16 Å². The summed E-state index contributed by atoms with van der Waals surface area (Å²) in [5.74, 6) is -0.471. The lowest BCUT2D eigenvalue weighted by Crippen LogP contribution is -2.28. The average Bonchev–Trinajstić information content (AvgIpc) is 2.95. The third-order valence-electron chi connectivity index (χ3n) is 3.93. The standard InChI is InChI=1S/C17H22N2O4/c1-7-11-14(13-9(2)18-23-10(13)3)12(8-20)19(17(4,5)6)15(11)16(21)22/h8H,7H2,1-6H3,(H,21,22). The molecule has 0 aliphatic carbocycles. The van der Waals surface area contributed by atoms with E-state index in [1.165, 1.54) is 0 Å². The minimum Gasteiger partial charge on any atom is -0.477 e. The van der Waals surface area contributed by atoms with Crippen LogP contribution in [0.2, 0.25) is 0 Å². The molecule has 2 heterocycles. The van der Waals surface area contributed by atoms with E-state index < -0.39 is 11.5 Å². The van der Waals surface area contributed by atoms with E-state index in [4.69, 9.17) is 4.52 Å². The summed E-state index contributed by atoms with van der Waals surface area (Å²) in [6, 6.07) is 0. The van der Waals surface area contributed by atoms with Crippen LogP contribution in [-0.4, -0.2) is 27.1 Å². The Labute approximate surface area is 135 Å². The number of carboxylic acids is 1. The summed E-state index contributed by atoms with van der Waals surface area (Å²) in [6.07, 6.45) is 1.21. The van der Waals surface area contributed by atoms with Crippen LogP contribution in [0.4, 0.5) is 0 Å². The van der Waals surface area contributed by atoms with Gasteiger partial charge in [-0.3, -0.25) is 4.79 Å². The smallest absolute Gasteiger partial charge is 0.352 e. The molecule has 0 bridgehead atoms. The molecule has 1 N–H and O–H groups in total. The SMILES string of the molecule is CCc1c(-c2c(C)noc2C)c(C=O)n(C(C)(C)C)c1C(=O)O. The quantitative estimate of drug-likeness (QED) is 0.871. The predicted octanol–water partition coefficient (Wildman–Crippen LogP) is 3.59. The number of rotatable bonds is 4. The number of nitrogens with zero attached hydrogens (tertiary/aromatic N) is 2. The molecule has 2 aromatic heterocycles. The number of carboxylic acid groups (broad SMARTS) is 1. The molecular weight excluding hydrogens is 296 g/mol. The van der Waals surface area contributed by atoms with Crippen LogP contribution >= 0.6 is 0 Å². The second kappa shape index (κ2) is 5.68. The maximum absolute atomic E-state index is 11.9. The van der Waals surface area contributed by atoms with Crippen LogP contribution in [0.15, 0.2) is 4.52 Å². The number of hydrogen-bond acceptors (Lipinski definition) is 4. The van der Waals surface area contributed by atoms with Gasteiger partial charge in [0.25, 0.3) is 0 Å². The molecule has 0 saturated carbocycles. The van der Waals surface area contributed by atoms with Crippen molar-refractivity contribution in [1.29, 1.82) is 0 Å². The fourth-order valence-electron chi connectivity index (χ4n) is 3.14. The first-order chi connectivity index (χ1) is 10.6. The summed E-state index contributed by atoms with van der Waals surface area (Å²) >= 11 is 0. The Bertz CT molecular complexity index is 756. The van der Waals surface area contributed by atoms with E-state index in [1.807, 2.05) is 27.7 Å². The molecule has 0 aromatic carbocycles. The molecule has 0 atom stereocenters. The molecule has 0 saturated heterocycles. The molecule has 6 heteroatoms. The number of carbonyl (C=O) groups excluding carboxylic acids is 1. The molecule has 2 aromatic rings. The largest absolute Gasteiger partial charge is 0.477 e. The van der Waals surface area contributed by atoms with Crippen molar-refractivity contribution < 1.29 is 19.2 Å². The van der Waals surface area contributed by atoms with Gasteiger partial charge in [0.1, 0.15) is 11.5 Å². The number of aryl methyl sites for hydroxylation is 2. The molecule has 0 unspecified atom stereocenters. The van der Waals surface area contributed by atoms with Crippen LogP contribution in [-0.2, 0) is 12.0 Å². The Morgan fingerprint density at radius 3 is 2.26 bits per heavy atom. The van der Waals surface area contributed by atoms with Gasteiger partial charge in [-0.2, -0.15) is 0 Å². The summed E-state index contributed by atoms with van der Waals surface area (Å²) in [4.78, 5) is 23.7. The topological polar surface area (TPSA) is 85.3 Å². The van der Waals surface area contributed by atoms with Gasteiger partial charge < -0.3 is 14.2 Å². The number of aromatic nitrogens is 2. The number of carbonyl (C=O) groups is 2. The Balaban J connectivity index is 3.04. The lowest BCUT2D eigenvalue weighted by molar-refractivity contribution is 0.0676. The van der Waals surface area contributed by atoms with Crippen LogP contribution in [0.1, 0.15) is 65.7 Å².